The summed E-state index contributed by atoms with van der Waals surface area (Å²) in [4.78, 5) is 24.5. The van der Waals surface area contributed by atoms with Crippen molar-refractivity contribution in [3.8, 4) is 11.3 Å². The Bertz CT molecular complexity index is 735. The highest BCUT2D eigenvalue weighted by Gasteiger charge is 2.30. The van der Waals surface area contributed by atoms with E-state index in [4.69, 9.17) is 9.47 Å². The number of carbonyl (C=O) groups excluding carboxylic acids is 2. The molecule has 0 bridgehead atoms. The van der Waals surface area contributed by atoms with Crippen LogP contribution in [0.2, 0.25) is 0 Å². The number of benzene rings is 1. The highest BCUT2D eigenvalue weighted by atomic mass is 16.5. The van der Waals surface area contributed by atoms with Crippen molar-refractivity contribution in [3.63, 3.8) is 0 Å². The molecule has 6 nitrogen and oxygen atoms in total. The van der Waals surface area contributed by atoms with E-state index in [1.165, 1.54) is 18.9 Å². The summed E-state index contributed by atoms with van der Waals surface area (Å²) < 4.78 is 11.2. The van der Waals surface area contributed by atoms with Gasteiger partial charge in [-0.15, -0.1) is 6.58 Å². The zero-order valence-corrected chi connectivity index (χ0v) is 13.8. The summed E-state index contributed by atoms with van der Waals surface area (Å²) >= 11 is 0. The van der Waals surface area contributed by atoms with E-state index in [0.29, 0.717) is 12.2 Å². The van der Waals surface area contributed by atoms with Crippen LogP contribution in [0.25, 0.3) is 11.3 Å². The molecule has 0 aliphatic rings. The average Bonchev–Trinajstić information content (AvgIpc) is 3.01. The van der Waals surface area contributed by atoms with Crippen LogP contribution in [0.1, 0.15) is 33.7 Å². The van der Waals surface area contributed by atoms with Crippen molar-refractivity contribution in [3.05, 3.63) is 54.2 Å². The van der Waals surface area contributed by atoms with E-state index < -0.39 is 11.9 Å². The lowest BCUT2D eigenvalue weighted by molar-refractivity contribution is 0.0546. The maximum atomic E-state index is 12.3. The zero-order chi connectivity index (χ0) is 17.5. The molecule has 0 atom stereocenters. The first-order chi connectivity index (χ1) is 11.6. The Morgan fingerprint density at radius 1 is 1.17 bits per heavy atom. The van der Waals surface area contributed by atoms with Crippen molar-refractivity contribution in [2.75, 3.05) is 14.2 Å². The van der Waals surface area contributed by atoms with Crippen molar-refractivity contribution in [1.29, 1.82) is 0 Å². The molecule has 0 saturated heterocycles. The number of rotatable bonds is 7. The van der Waals surface area contributed by atoms with Gasteiger partial charge >= 0.3 is 11.9 Å². The van der Waals surface area contributed by atoms with Gasteiger partial charge in [-0.05, 0) is 12.8 Å². The lowest BCUT2D eigenvalue weighted by Gasteiger charge is -2.06. The number of esters is 2. The molecule has 0 N–H and O–H groups in total. The summed E-state index contributed by atoms with van der Waals surface area (Å²) in [6, 6.07) is 9.19. The molecule has 1 aromatic carbocycles. The third-order valence-electron chi connectivity index (χ3n) is 3.55. The molecule has 24 heavy (non-hydrogen) atoms. The molecular formula is C18H20N2O4. The van der Waals surface area contributed by atoms with Gasteiger partial charge in [0, 0.05) is 12.1 Å². The summed E-state index contributed by atoms with van der Waals surface area (Å²) in [6.07, 6.45) is 3.30. The second-order valence-electron chi connectivity index (χ2n) is 5.08. The molecule has 1 aromatic heterocycles. The molecule has 1 heterocycles. The molecule has 0 saturated carbocycles. The molecule has 0 amide bonds. The van der Waals surface area contributed by atoms with E-state index in [2.05, 4.69) is 11.7 Å². The largest absolute Gasteiger partial charge is 0.465 e. The van der Waals surface area contributed by atoms with Gasteiger partial charge in [0.1, 0.15) is 11.3 Å². The van der Waals surface area contributed by atoms with E-state index in [0.717, 1.165) is 18.4 Å². The maximum Gasteiger partial charge on any atom is 0.357 e. The van der Waals surface area contributed by atoms with Crippen LogP contribution in [0.5, 0.6) is 0 Å². The molecule has 0 unspecified atom stereocenters. The summed E-state index contributed by atoms with van der Waals surface area (Å²) in [5, 5.41) is 4.47. The molecule has 0 aliphatic heterocycles. The summed E-state index contributed by atoms with van der Waals surface area (Å²) in [5.74, 6) is -1.24. The number of ether oxygens (including phenoxy) is 2. The van der Waals surface area contributed by atoms with Crippen molar-refractivity contribution in [2.45, 2.75) is 19.4 Å². The van der Waals surface area contributed by atoms with E-state index in [1.807, 2.05) is 30.3 Å². The van der Waals surface area contributed by atoms with Gasteiger partial charge < -0.3 is 9.47 Å². The Balaban J connectivity index is 2.63. The number of unbranched alkanes of at least 4 members (excludes halogenated alkanes) is 1. The number of methoxy groups -OCH3 is 2. The molecule has 0 radical (unpaired) electrons. The Kier molecular flexibility index (Phi) is 5.89. The van der Waals surface area contributed by atoms with Gasteiger partial charge in [0.2, 0.25) is 0 Å². The van der Waals surface area contributed by atoms with E-state index in [-0.39, 0.29) is 11.3 Å². The molecule has 6 heteroatoms. The first kappa shape index (κ1) is 17.5. The molecule has 0 spiro atoms. The highest BCUT2D eigenvalue weighted by molar-refractivity contribution is 6.06. The minimum atomic E-state index is -0.622. The molecule has 0 fully saturated rings. The predicted octanol–water partition coefficient (Wildman–Crippen LogP) is 3.09. The van der Waals surface area contributed by atoms with Crippen LogP contribution in [-0.4, -0.2) is 35.9 Å². The SMILES string of the molecule is C=CCCCn1nc(-c2ccccc2)c(C(=O)OC)c1C(=O)OC. The van der Waals surface area contributed by atoms with Gasteiger partial charge in [-0.1, -0.05) is 36.4 Å². The van der Waals surface area contributed by atoms with Gasteiger partial charge in [0.05, 0.1) is 14.2 Å². The number of allylic oxidation sites excluding steroid dienone is 1. The lowest BCUT2D eigenvalue weighted by atomic mass is 10.1. The topological polar surface area (TPSA) is 70.4 Å². The summed E-state index contributed by atoms with van der Waals surface area (Å²) in [7, 11) is 2.54. The second kappa shape index (κ2) is 8.10. The average molecular weight is 328 g/mol. The number of hydrogen-bond donors (Lipinski definition) is 0. The van der Waals surface area contributed by atoms with Crippen molar-refractivity contribution >= 4 is 11.9 Å². The van der Waals surface area contributed by atoms with Crippen LogP contribution in [0, 0.1) is 0 Å². The molecular weight excluding hydrogens is 308 g/mol. The Morgan fingerprint density at radius 2 is 1.83 bits per heavy atom. The van der Waals surface area contributed by atoms with Crippen LogP contribution >= 0.6 is 0 Å². The van der Waals surface area contributed by atoms with E-state index >= 15 is 0 Å². The Morgan fingerprint density at radius 3 is 2.42 bits per heavy atom. The van der Waals surface area contributed by atoms with Gasteiger partial charge in [0.25, 0.3) is 0 Å². The molecule has 0 aliphatic carbocycles. The number of aromatic nitrogens is 2. The third-order valence-corrected chi connectivity index (χ3v) is 3.55. The number of nitrogens with zero attached hydrogens (tertiary/aromatic N) is 2. The quantitative estimate of drug-likeness (QED) is 0.444. The van der Waals surface area contributed by atoms with Crippen molar-refractivity contribution in [1.82, 2.24) is 9.78 Å². The van der Waals surface area contributed by atoms with Crippen LogP contribution in [0.4, 0.5) is 0 Å². The standard InChI is InChI=1S/C18H20N2O4/c1-4-5-9-12-20-16(18(22)24-3)14(17(21)23-2)15(19-20)13-10-7-6-8-11-13/h4,6-8,10-11H,1,5,9,12H2,2-3H3. The van der Waals surface area contributed by atoms with Gasteiger partial charge in [-0.2, -0.15) is 5.10 Å². The predicted molar refractivity (Wildman–Crippen MR) is 89.8 cm³/mol. The van der Waals surface area contributed by atoms with E-state index in [9.17, 15) is 9.59 Å². The first-order valence-electron chi connectivity index (χ1n) is 7.57. The fourth-order valence-corrected chi connectivity index (χ4v) is 2.41. The minimum absolute atomic E-state index is 0.104. The van der Waals surface area contributed by atoms with Crippen LogP contribution in [0.3, 0.4) is 0 Å². The maximum absolute atomic E-state index is 12.3. The van der Waals surface area contributed by atoms with Crippen LogP contribution < -0.4 is 0 Å². The molecule has 2 aromatic rings. The Hall–Kier alpha value is -2.89. The summed E-state index contributed by atoms with van der Waals surface area (Å²) in [5.41, 5.74) is 1.35. The highest BCUT2D eigenvalue weighted by Crippen LogP contribution is 2.27. The lowest BCUT2D eigenvalue weighted by Crippen LogP contribution is -2.16. The fraction of sp³-hybridized carbons (Fsp3) is 0.278. The zero-order valence-electron chi connectivity index (χ0n) is 13.8. The Labute approximate surface area is 140 Å². The fourth-order valence-electron chi connectivity index (χ4n) is 2.41. The van der Waals surface area contributed by atoms with Gasteiger partial charge in [0.15, 0.2) is 5.69 Å². The number of aryl methyl sites for hydroxylation is 1. The minimum Gasteiger partial charge on any atom is -0.465 e. The number of hydrogen-bond acceptors (Lipinski definition) is 5. The first-order valence-corrected chi connectivity index (χ1v) is 7.57. The monoisotopic (exact) mass is 328 g/mol. The smallest absolute Gasteiger partial charge is 0.357 e. The molecule has 126 valence electrons. The second-order valence-corrected chi connectivity index (χ2v) is 5.08. The van der Waals surface area contributed by atoms with Gasteiger partial charge in [-0.25, -0.2) is 9.59 Å². The van der Waals surface area contributed by atoms with Crippen molar-refractivity contribution in [2.24, 2.45) is 0 Å². The normalized spacial score (nSPS) is 10.2. The molecule has 2 rings (SSSR count). The number of carbonyl (C=O) groups is 2. The summed E-state index contributed by atoms with van der Waals surface area (Å²) in [6.45, 7) is 4.15. The van der Waals surface area contributed by atoms with Crippen molar-refractivity contribution < 1.29 is 19.1 Å². The van der Waals surface area contributed by atoms with Crippen LogP contribution in [0.15, 0.2) is 43.0 Å². The van der Waals surface area contributed by atoms with E-state index in [1.54, 1.807) is 6.08 Å². The third kappa shape index (κ3) is 3.53. The van der Waals surface area contributed by atoms with Crippen LogP contribution in [-0.2, 0) is 16.0 Å². The van der Waals surface area contributed by atoms with Gasteiger partial charge in [-0.3, -0.25) is 4.68 Å².